The molecule has 1 heterocycles. The molecule has 18 heavy (non-hydrogen) atoms. The van der Waals surface area contributed by atoms with Gasteiger partial charge in [0, 0.05) is 13.1 Å². The summed E-state index contributed by atoms with van der Waals surface area (Å²) in [5.74, 6) is -2.22. The van der Waals surface area contributed by atoms with Crippen molar-refractivity contribution in [3.63, 3.8) is 0 Å². The molecule has 6 nitrogen and oxygen atoms in total. The third-order valence-corrected chi connectivity index (χ3v) is 2.41. The highest BCUT2D eigenvalue weighted by atomic mass is 16.4. The van der Waals surface area contributed by atoms with E-state index in [0.717, 1.165) is 0 Å². The van der Waals surface area contributed by atoms with Gasteiger partial charge in [0.15, 0.2) is 5.76 Å². The first kappa shape index (κ1) is 13.8. The quantitative estimate of drug-likeness (QED) is 0.856. The summed E-state index contributed by atoms with van der Waals surface area (Å²) in [6.07, 6.45) is 0. The first-order valence-electron chi connectivity index (χ1n) is 5.51. The normalized spacial score (nSPS) is 11.6. The number of amides is 1. The summed E-state index contributed by atoms with van der Waals surface area (Å²) in [6, 6.07) is 4.60. The van der Waals surface area contributed by atoms with Crippen LogP contribution in [0.25, 0.3) is 0 Å². The van der Waals surface area contributed by atoms with Crippen molar-refractivity contribution < 1.29 is 19.1 Å². The molecular weight excluding hydrogens is 236 g/mol. The van der Waals surface area contributed by atoms with Crippen LogP contribution in [0.15, 0.2) is 16.5 Å². The summed E-state index contributed by atoms with van der Waals surface area (Å²) in [7, 11) is 0. The highest BCUT2D eigenvalue weighted by molar-refractivity contribution is 5.93. The van der Waals surface area contributed by atoms with E-state index in [2.05, 4.69) is 0 Å². The van der Waals surface area contributed by atoms with Crippen LogP contribution in [-0.2, 0) is 0 Å². The summed E-state index contributed by atoms with van der Waals surface area (Å²) in [4.78, 5) is 24.1. The van der Waals surface area contributed by atoms with Gasteiger partial charge in [-0.25, -0.2) is 4.79 Å². The maximum atomic E-state index is 12.0. The van der Waals surface area contributed by atoms with Crippen LogP contribution in [0.4, 0.5) is 0 Å². The van der Waals surface area contributed by atoms with E-state index in [0.29, 0.717) is 6.54 Å². The Bertz CT molecular complexity index is 487. The molecule has 0 fully saturated rings. The third kappa shape index (κ3) is 3.10. The number of nitrogens with zero attached hydrogens (tertiary/aromatic N) is 2. The summed E-state index contributed by atoms with van der Waals surface area (Å²) < 4.78 is 4.93. The molecule has 96 valence electrons. The van der Waals surface area contributed by atoms with Gasteiger partial charge in [0.25, 0.3) is 5.91 Å². The van der Waals surface area contributed by atoms with E-state index in [-0.39, 0.29) is 24.0 Å². The maximum absolute atomic E-state index is 12.0. The second-order valence-corrected chi connectivity index (χ2v) is 3.84. The number of carbonyl (C=O) groups excluding carboxylic acids is 1. The molecule has 0 aromatic carbocycles. The molecule has 1 N–H and O–H groups in total. The fourth-order valence-corrected chi connectivity index (χ4v) is 1.45. The first-order valence-corrected chi connectivity index (χ1v) is 5.51. The Kier molecular flexibility index (Phi) is 4.49. The van der Waals surface area contributed by atoms with Gasteiger partial charge in [-0.05, 0) is 26.0 Å². The van der Waals surface area contributed by atoms with Crippen molar-refractivity contribution in [2.24, 2.45) is 5.92 Å². The Morgan fingerprint density at radius 1 is 1.50 bits per heavy atom. The van der Waals surface area contributed by atoms with Crippen LogP contribution in [0.5, 0.6) is 0 Å². The third-order valence-electron chi connectivity index (χ3n) is 2.41. The molecule has 1 amide bonds. The Labute approximate surface area is 104 Å². The number of carboxylic acid groups (broad SMARTS) is 1. The molecule has 0 radical (unpaired) electrons. The minimum atomic E-state index is -1.22. The Balaban J connectivity index is 2.83. The molecule has 0 saturated heterocycles. The van der Waals surface area contributed by atoms with Crippen LogP contribution >= 0.6 is 0 Å². The standard InChI is InChI=1S/C12H14N2O4/c1-3-14(7-8(2)6-13)11(15)9-4-5-10(18-9)12(16)17/h4-5,8H,3,7H2,1-2H3,(H,16,17). The predicted octanol–water partition coefficient (Wildman–Crippen LogP) is 1.60. The van der Waals surface area contributed by atoms with E-state index in [1.165, 1.54) is 17.0 Å². The minimum Gasteiger partial charge on any atom is -0.475 e. The molecule has 1 unspecified atom stereocenters. The largest absolute Gasteiger partial charge is 0.475 e. The SMILES string of the molecule is CCN(CC(C)C#N)C(=O)c1ccc(C(=O)O)o1. The lowest BCUT2D eigenvalue weighted by atomic mass is 10.2. The Hall–Kier alpha value is -2.29. The lowest BCUT2D eigenvalue weighted by Crippen LogP contribution is -2.34. The maximum Gasteiger partial charge on any atom is 0.371 e. The lowest BCUT2D eigenvalue weighted by molar-refractivity contribution is 0.0649. The van der Waals surface area contributed by atoms with Crippen molar-refractivity contribution in [3.8, 4) is 6.07 Å². The Morgan fingerprint density at radius 2 is 2.11 bits per heavy atom. The second-order valence-electron chi connectivity index (χ2n) is 3.84. The number of furan rings is 1. The molecule has 0 spiro atoms. The zero-order chi connectivity index (χ0) is 13.7. The van der Waals surface area contributed by atoms with E-state index in [9.17, 15) is 9.59 Å². The predicted molar refractivity (Wildman–Crippen MR) is 62.0 cm³/mol. The second kappa shape index (κ2) is 5.87. The van der Waals surface area contributed by atoms with E-state index in [1.807, 2.05) is 6.07 Å². The zero-order valence-corrected chi connectivity index (χ0v) is 10.2. The fourth-order valence-electron chi connectivity index (χ4n) is 1.45. The van der Waals surface area contributed by atoms with Gasteiger partial charge in [0.1, 0.15) is 0 Å². The average Bonchev–Trinajstić information content (AvgIpc) is 2.84. The number of aromatic carboxylic acids is 1. The zero-order valence-electron chi connectivity index (χ0n) is 10.2. The molecule has 1 rings (SSSR count). The van der Waals surface area contributed by atoms with Crippen molar-refractivity contribution in [2.45, 2.75) is 13.8 Å². The molecule has 1 aromatic rings. The van der Waals surface area contributed by atoms with Crippen LogP contribution in [0.2, 0.25) is 0 Å². The van der Waals surface area contributed by atoms with Crippen molar-refractivity contribution >= 4 is 11.9 Å². The van der Waals surface area contributed by atoms with E-state index < -0.39 is 11.9 Å². The molecule has 1 aromatic heterocycles. The Morgan fingerprint density at radius 3 is 2.56 bits per heavy atom. The van der Waals surface area contributed by atoms with Gasteiger partial charge in [-0.2, -0.15) is 5.26 Å². The van der Waals surface area contributed by atoms with Crippen LogP contribution in [0, 0.1) is 17.2 Å². The highest BCUT2D eigenvalue weighted by Gasteiger charge is 2.21. The smallest absolute Gasteiger partial charge is 0.371 e. The summed E-state index contributed by atoms with van der Waals surface area (Å²) in [5.41, 5.74) is 0. The van der Waals surface area contributed by atoms with E-state index >= 15 is 0 Å². The van der Waals surface area contributed by atoms with E-state index in [1.54, 1.807) is 13.8 Å². The molecular formula is C12H14N2O4. The number of hydrogen-bond donors (Lipinski definition) is 1. The number of rotatable bonds is 5. The number of carboxylic acids is 1. The van der Waals surface area contributed by atoms with Crippen LogP contribution < -0.4 is 0 Å². The van der Waals surface area contributed by atoms with Gasteiger partial charge in [0.2, 0.25) is 5.76 Å². The highest BCUT2D eigenvalue weighted by Crippen LogP contribution is 2.12. The van der Waals surface area contributed by atoms with Gasteiger partial charge in [0.05, 0.1) is 12.0 Å². The van der Waals surface area contributed by atoms with Gasteiger partial charge < -0.3 is 14.4 Å². The number of nitriles is 1. The number of carbonyl (C=O) groups is 2. The van der Waals surface area contributed by atoms with Gasteiger partial charge in [-0.1, -0.05) is 0 Å². The monoisotopic (exact) mass is 250 g/mol. The van der Waals surface area contributed by atoms with Crippen molar-refractivity contribution in [3.05, 3.63) is 23.7 Å². The molecule has 0 aliphatic rings. The van der Waals surface area contributed by atoms with Gasteiger partial charge in [-0.3, -0.25) is 4.79 Å². The molecule has 0 aliphatic heterocycles. The first-order chi connectivity index (χ1) is 8.49. The molecule has 6 heteroatoms. The number of hydrogen-bond acceptors (Lipinski definition) is 4. The lowest BCUT2D eigenvalue weighted by Gasteiger charge is -2.20. The summed E-state index contributed by atoms with van der Waals surface area (Å²) >= 11 is 0. The van der Waals surface area contributed by atoms with Crippen molar-refractivity contribution in [1.29, 1.82) is 5.26 Å². The van der Waals surface area contributed by atoms with Crippen LogP contribution in [-0.4, -0.2) is 35.0 Å². The van der Waals surface area contributed by atoms with Crippen molar-refractivity contribution in [1.82, 2.24) is 4.90 Å². The van der Waals surface area contributed by atoms with Crippen molar-refractivity contribution in [2.75, 3.05) is 13.1 Å². The minimum absolute atomic E-state index is 0.0283. The van der Waals surface area contributed by atoms with Crippen LogP contribution in [0.1, 0.15) is 35.0 Å². The topological polar surface area (TPSA) is 94.5 Å². The van der Waals surface area contributed by atoms with Crippen LogP contribution in [0.3, 0.4) is 0 Å². The molecule has 0 aliphatic carbocycles. The molecule has 0 bridgehead atoms. The average molecular weight is 250 g/mol. The fraction of sp³-hybridized carbons (Fsp3) is 0.417. The molecule has 1 atom stereocenters. The molecule has 0 saturated carbocycles. The summed E-state index contributed by atoms with van der Waals surface area (Å²) in [6.45, 7) is 4.20. The van der Waals surface area contributed by atoms with E-state index in [4.69, 9.17) is 14.8 Å². The summed E-state index contributed by atoms with van der Waals surface area (Å²) in [5, 5.41) is 17.4. The van der Waals surface area contributed by atoms with Gasteiger partial charge >= 0.3 is 5.97 Å². The van der Waals surface area contributed by atoms with Gasteiger partial charge in [-0.15, -0.1) is 0 Å².